The summed E-state index contributed by atoms with van der Waals surface area (Å²) >= 11 is 0. The number of rotatable bonds is 3. The predicted molar refractivity (Wildman–Crippen MR) is 62.7 cm³/mol. The first kappa shape index (κ1) is 14.6. The predicted octanol–water partition coefficient (Wildman–Crippen LogP) is 0.982. The summed E-state index contributed by atoms with van der Waals surface area (Å²) in [5.41, 5.74) is -2.16. The molecule has 2 aromatic rings. The maximum Gasteiger partial charge on any atom is 0.309 e. The molecule has 0 radical (unpaired) electrons. The Morgan fingerprint density at radius 3 is 2.52 bits per heavy atom. The number of halogens is 3. The van der Waals surface area contributed by atoms with Gasteiger partial charge in [-0.3, -0.25) is 9.59 Å². The molecule has 1 aromatic carbocycles. The highest BCUT2D eigenvalue weighted by molar-refractivity contribution is 5.70. The van der Waals surface area contributed by atoms with Gasteiger partial charge in [0.05, 0.1) is 6.42 Å². The number of aliphatic carboxylic acids is 1. The average Bonchev–Trinajstić information content (AvgIpc) is 2.40. The zero-order chi connectivity index (χ0) is 15.7. The van der Waals surface area contributed by atoms with Gasteiger partial charge in [0, 0.05) is 6.07 Å². The standard InChI is InChI=1S/C12H7F3N2O4/c13-5-1-2-7(12(15)11(5)14)17-9(19)4-8(18)6(16-17)3-10(20)21/h1-2,4,18H,3H2,(H,20,21). The average molecular weight is 300 g/mol. The number of carbonyl (C=O) groups is 1. The lowest BCUT2D eigenvalue weighted by molar-refractivity contribution is -0.136. The Morgan fingerprint density at radius 1 is 1.24 bits per heavy atom. The van der Waals surface area contributed by atoms with Crippen molar-refractivity contribution in [1.29, 1.82) is 0 Å². The molecule has 1 heterocycles. The summed E-state index contributed by atoms with van der Waals surface area (Å²) in [6, 6.07) is 1.96. The van der Waals surface area contributed by atoms with Crippen LogP contribution in [-0.2, 0) is 11.2 Å². The maximum absolute atomic E-state index is 13.6. The third-order valence-electron chi connectivity index (χ3n) is 2.55. The van der Waals surface area contributed by atoms with Crippen LogP contribution in [0.25, 0.3) is 5.69 Å². The number of carboxylic acid groups (broad SMARTS) is 1. The molecule has 0 spiro atoms. The Kier molecular flexibility index (Phi) is 3.66. The molecule has 0 unspecified atom stereocenters. The molecule has 0 aliphatic rings. The number of nitrogens with zero attached hydrogens (tertiary/aromatic N) is 2. The summed E-state index contributed by atoms with van der Waals surface area (Å²) in [4.78, 5) is 22.2. The van der Waals surface area contributed by atoms with Gasteiger partial charge in [-0.1, -0.05) is 0 Å². The minimum Gasteiger partial charge on any atom is -0.506 e. The molecule has 0 bridgehead atoms. The highest BCUT2D eigenvalue weighted by Gasteiger charge is 2.18. The van der Waals surface area contributed by atoms with Crippen LogP contribution in [-0.4, -0.2) is 26.0 Å². The Labute approximate surface area is 114 Å². The normalized spacial score (nSPS) is 10.6. The van der Waals surface area contributed by atoms with Crippen molar-refractivity contribution in [3.8, 4) is 11.4 Å². The van der Waals surface area contributed by atoms with E-state index < -0.39 is 52.5 Å². The molecule has 0 atom stereocenters. The summed E-state index contributed by atoms with van der Waals surface area (Å²) in [6.07, 6.45) is -0.739. The summed E-state index contributed by atoms with van der Waals surface area (Å²) in [7, 11) is 0. The van der Waals surface area contributed by atoms with Crippen LogP contribution in [0.3, 0.4) is 0 Å². The first-order valence-corrected chi connectivity index (χ1v) is 5.49. The van der Waals surface area contributed by atoms with E-state index in [1.54, 1.807) is 0 Å². The highest BCUT2D eigenvalue weighted by Crippen LogP contribution is 2.19. The Bertz CT molecular complexity index is 789. The van der Waals surface area contributed by atoms with Crippen LogP contribution in [0.2, 0.25) is 0 Å². The molecule has 1 aromatic heterocycles. The van der Waals surface area contributed by atoms with E-state index in [1.807, 2.05) is 0 Å². The van der Waals surface area contributed by atoms with Gasteiger partial charge in [0.2, 0.25) is 0 Å². The number of benzene rings is 1. The van der Waals surface area contributed by atoms with Crippen molar-refractivity contribution in [2.24, 2.45) is 0 Å². The van der Waals surface area contributed by atoms with Gasteiger partial charge in [0.25, 0.3) is 5.56 Å². The molecule has 2 rings (SSSR count). The van der Waals surface area contributed by atoms with Crippen molar-refractivity contribution >= 4 is 5.97 Å². The second-order valence-electron chi connectivity index (χ2n) is 3.99. The molecular weight excluding hydrogens is 293 g/mol. The van der Waals surface area contributed by atoms with E-state index >= 15 is 0 Å². The van der Waals surface area contributed by atoms with E-state index in [9.17, 15) is 27.9 Å². The van der Waals surface area contributed by atoms with Crippen molar-refractivity contribution in [2.75, 3.05) is 0 Å². The minimum absolute atomic E-state index is 0.343. The van der Waals surface area contributed by atoms with Gasteiger partial charge < -0.3 is 10.2 Å². The van der Waals surface area contributed by atoms with E-state index in [-0.39, 0.29) is 0 Å². The van der Waals surface area contributed by atoms with Crippen molar-refractivity contribution in [3.05, 3.63) is 51.7 Å². The fourth-order valence-electron chi connectivity index (χ4n) is 1.60. The van der Waals surface area contributed by atoms with Gasteiger partial charge in [-0.2, -0.15) is 9.78 Å². The zero-order valence-corrected chi connectivity index (χ0v) is 10.2. The zero-order valence-electron chi connectivity index (χ0n) is 10.2. The third-order valence-corrected chi connectivity index (χ3v) is 2.55. The molecular formula is C12H7F3N2O4. The SMILES string of the molecule is O=C(O)Cc1nn(-c2ccc(F)c(F)c2F)c(=O)cc1O. The molecule has 0 aliphatic carbocycles. The summed E-state index contributed by atoms with van der Waals surface area (Å²) in [5.74, 6) is -6.95. The van der Waals surface area contributed by atoms with Crippen molar-refractivity contribution in [2.45, 2.75) is 6.42 Å². The van der Waals surface area contributed by atoms with Crippen LogP contribution in [0, 0.1) is 17.5 Å². The van der Waals surface area contributed by atoms with Gasteiger partial charge in [0.15, 0.2) is 17.5 Å². The van der Waals surface area contributed by atoms with Gasteiger partial charge in [0.1, 0.15) is 17.1 Å². The van der Waals surface area contributed by atoms with E-state index in [0.717, 1.165) is 6.07 Å². The molecule has 21 heavy (non-hydrogen) atoms. The summed E-state index contributed by atoms with van der Waals surface area (Å²) in [5, 5.41) is 21.5. The van der Waals surface area contributed by atoms with E-state index in [4.69, 9.17) is 5.11 Å². The van der Waals surface area contributed by atoms with E-state index in [1.165, 1.54) is 0 Å². The Morgan fingerprint density at radius 2 is 1.90 bits per heavy atom. The van der Waals surface area contributed by atoms with Gasteiger partial charge in [-0.25, -0.2) is 13.2 Å². The maximum atomic E-state index is 13.6. The van der Waals surface area contributed by atoms with Crippen LogP contribution >= 0.6 is 0 Å². The van der Waals surface area contributed by atoms with Crippen LogP contribution in [0.5, 0.6) is 5.75 Å². The fourth-order valence-corrected chi connectivity index (χ4v) is 1.60. The number of hydrogen-bond acceptors (Lipinski definition) is 4. The monoisotopic (exact) mass is 300 g/mol. The lowest BCUT2D eigenvalue weighted by Crippen LogP contribution is -2.24. The number of carboxylic acids is 1. The number of aromatic hydroxyl groups is 1. The first-order valence-electron chi connectivity index (χ1n) is 5.49. The smallest absolute Gasteiger partial charge is 0.309 e. The third kappa shape index (κ3) is 2.71. The van der Waals surface area contributed by atoms with Gasteiger partial charge in [-0.05, 0) is 12.1 Å². The molecule has 0 saturated heterocycles. The molecule has 0 aliphatic heterocycles. The van der Waals surface area contributed by atoms with Crippen LogP contribution in [0.4, 0.5) is 13.2 Å². The van der Waals surface area contributed by atoms with Crippen LogP contribution in [0.1, 0.15) is 5.69 Å². The molecule has 9 heteroatoms. The minimum atomic E-state index is -1.80. The Hall–Kier alpha value is -2.84. The second kappa shape index (κ2) is 5.27. The van der Waals surface area contributed by atoms with Gasteiger partial charge in [-0.15, -0.1) is 0 Å². The van der Waals surface area contributed by atoms with Crippen LogP contribution in [0.15, 0.2) is 23.0 Å². The Balaban J connectivity index is 2.67. The van der Waals surface area contributed by atoms with E-state index in [2.05, 4.69) is 5.10 Å². The van der Waals surface area contributed by atoms with Crippen molar-refractivity contribution in [1.82, 2.24) is 9.78 Å². The van der Waals surface area contributed by atoms with Crippen molar-refractivity contribution < 1.29 is 28.2 Å². The molecule has 0 saturated carbocycles. The molecule has 0 fully saturated rings. The number of aromatic nitrogens is 2. The summed E-state index contributed by atoms with van der Waals surface area (Å²) in [6.45, 7) is 0. The quantitative estimate of drug-likeness (QED) is 0.824. The molecule has 0 amide bonds. The lowest BCUT2D eigenvalue weighted by Gasteiger charge is -2.09. The molecule has 6 nitrogen and oxygen atoms in total. The molecule has 110 valence electrons. The van der Waals surface area contributed by atoms with Crippen LogP contribution < -0.4 is 5.56 Å². The van der Waals surface area contributed by atoms with Crippen molar-refractivity contribution in [3.63, 3.8) is 0 Å². The number of hydrogen-bond donors (Lipinski definition) is 2. The second-order valence-corrected chi connectivity index (χ2v) is 3.99. The van der Waals surface area contributed by atoms with E-state index in [0.29, 0.717) is 16.8 Å². The first-order chi connectivity index (χ1) is 9.81. The van der Waals surface area contributed by atoms with Gasteiger partial charge >= 0.3 is 5.97 Å². The fraction of sp³-hybridized carbons (Fsp3) is 0.0833. The largest absolute Gasteiger partial charge is 0.506 e. The lowest BCUT2D eigenvalue weighted by atomic mass is 10.2. The summed E-state index contributed by atoms with van der Waals surface area (Å²) < 4.78 is 40.0. The molecule has 2 N–H and O–H groups in total. The topological polar surface area (TPSA) is 92.4 Å². The highest BCUT2D eigenvalue weighted by atomic mass is 19.2.